The van der Waals surface area contributed by atoms with Crippen LogP contribution in [0.4, 0.5) is 5.69 Å². The first-order chi connectivity index (χ1) is 17.8. The normalized spacial score (nSPS) is 11.6. The molecule has 2 aromatic carbocycles. The molecule has 2 amide bonds. The molecule has 0 radical (unpaired) electrons. The van der Waals surface area contributed by atoms with E-state index in [1.165, 1.54) is 9.70 Å². The first-order valence-electron chi connectivity index (χ1n) is 12.0. The molecule has 0 aliphatic carbocycles. The second kappa shape index (κ2) is 12.7. The molecule has 1 N–H and O–H groups in total. The van der Waals surface area contributed by atoms with Gasteiger partial charge in [0.25, 0.3) is 5.91 Å². The summed E-state index contributed by atoms with van der Waals surface area (Å²) in [7, 11) is 4.66. The maximum Gasteiger partial charge on any atom is 0.251 e. The number of benzene rings is 2. The van der Waals surface area contributed by atoms with Gasteiger partial charge in [-0.25, -0.2) is 0 Å². The highest BCUT2D eigenvalue weighted by molar-refractivity contribution is 6.00. The van der Waals surface area contributed by atoms with E-state index in [1.807, 2.05) is 0 Å². The lowest BCUT2D eigenvalue weighted by Gasteiger charge is -2.28. The van der Waals surface area contributed by atoms with Gasteiger partial charge in [-0.05, 0) is 66.9 Å². The van der Waals surface area contributed by atoms with Crippen LogP contribution in [0.5, 0.6) is 17.2 Å². The molecule has 0 aliphatic rings. The number of nitrogens with zero attached hydrogens (tertiary/aromatic N) is 5. The first-order valence-corrected chi connectivity index (χ1v) is 12.0. The second-order valence-electron chi connectivity index (χ2n) is 8.82. The van der Waals surface area contributed by atoms with Gasteiger partial charge in [0.05, 0.1) is 21.3 Å². The molecule has 0 saturated heterocycles. The number of aromatic nitrogens is 4. The zero-order valence-electron chi connectivity index (χ0n) is 22.1. The van der Waals surface area contributed by atoms with Gasteiger partial charge >= 0.3 is 0 Å². The number of carbonyl (C=O) groups is 2. The van der Waals surface area contributed by atoms with Crippen LogP contribution in [-0.2, 0) is 16.1 Å². The minimum absolute atomic E-state index is 0.212. The van der Waals surface area contributed by atoms with Crippen molar-refractivity contribution in [1.29, 1.82) is 0 Å². The number of methoxy groups -OCH3 is 3. The van der Waals surface area contributed by atoms with E-state index < -0.39 is 6.04 Å². The minimum atomic E-state index is -0.762. The number of amides is 2. The van der Waals surface area contributed by atoms with E-state index in [-0.39, 0.29) is 18.4 Å². The van der Waals surface area contributed by atoms with Crippen LogP contribution < -0.4 is 24.4 Å². The molecule has 0 spiro atoms. The fourth-order valence-electron chi connectivity index (χ4n) is 3.67. The Morgan fingerprint density at radius 1 is 0.973 bits per heavy atom. The van der Waals surface area contributed by atoms with Crippen LogP contribution >= 0.6 is 0 Å². The minimum Gasteiger partial charge on any atom is -0.497 e. The van der Waals surface area contributed by atoms with Crippen LogP contribution in [0.1, 0.15) is 27.2 Å². The van der Waals surface area contributed by atoms with Crippen molar-refractivity contribution < 1.29 is 23.8 Å². The van der Waals surface area contributed by atoms with Crippen LogP contribution in [0.25, 0.3) is 11.4 Å². The van der Waals surface area contributed by atoms with Gasteiger partial charge in [-0.2, -0.15) is 4.80 Å². The highest BCUT2D eigenvalue weighted by Crippen LogP contribution is 2.30. The SMILES string of the molecule is COc1ccc(N(C(=O)Cn2nnc(-c3ccc(OC)c(OC)c3)n2)[C@@H](C)C(=O)NCCC(C)C)cc1. The molecule has 11 heteroatoms. The lowest BCUT2D eigenvalue weighted by Crippen LogP contribution is -2.49. The highest BCUT2D eigenvalue weighted by atomic mass is 16.5. The zero-order chi connectivity index (χ0) is 26.9. The molecule has 0 unspecified atom stereocenters. The summed E-state index contributed by atoms with van der Waals surface area (Å²) < 4.78 is 15.8. The van der Waals surface area contributed by atoms with Crippen molar-refractivity contribution in [3.05, 3.63) is 42.5 Å². The number of ether oxygens (including phenoxy) is 3. The largest absolute Gasteiger partial charge is 0.497 e. The summed E-state index contributed by atoms with van der Waals surface area (Å²) in [5.74, 6) is 1.90. The van der Waals surface area contributed by atoms with Gasteiger partial charge in [0.2, 0.25) is 11.7 Å². The van der Waals surface area contributed by atoms with E-state index >= 15 is 0 Å². The van der Waals surface area contributed by atoms with E-state index in [1.54, 1.807) is 70.7 Å². The van der Waals surface area contributed by atoms with Gasteiger partial charge < -0.3 is 19.5 Å². The molecule has 0 fully saturated rings. The van der Waals surface area contributed by atoms with Gasteiger partial charge in [0, 0.05) is 17.8 Å². The molecule has 1 aromatic heterocycles. The van der Waals surface area contributed by atoms with Gasteiger partial charge in [0.1, 0.15) is 18.3 Å². The Hall–Kier alpha value is -4.15. The Bertz CT molecular complexity index is 1190. The van der Waals surface area contributed by atoms with Crippen molar-refractivity contribution in [1.82, 2.24) is 25.5 Å². The molecule has 1 heterocycles. The van der Waals surface area contributed by atoms with Crippen molar-refractivity contribution in [2.75, 3.05) is 32.8 Å². The number of hydrogen-bond acceptors (Lipinski definition) is 8. The molecule has 1 atom stereocenters. The Morgan fingerprint density at radius 3 is 2.30 bits per heavy atom. The van der Waals surface area contributed by atoms with Gasteiger partial charge in [-0.3, -0.25) is 14.5 Å². The molecule has 198 valence electrons. The average Bonchev–Trinajstić information content (AvgIpc) is 3.36. The van der Waals surface area contributed by atoms with Gasteiger partial charge in [0.15, 0.2) is 11.5 Å². The zero-order valence-corrected chi connectivity index (χ0v) is 22.1. The summed E-state index contributed by atoms with van der Waals surface area (Å²) in [6, 6.07) is 11.4. The van der Waals surface area contributed by atoms with Crippen LogP contribution in [0, 0.1) is 5.92 Å². The van der Waals surface area contributed by atoms with E-state index in [0.29, 0.717) is 46.8 Å². The predicted octanol–water partition coefficient (Wildman–Crippen LogP) is 2.95. The summed E-state index contributed by atoms with van der Waals surface area (Å²) in [6.07, 6.45) is 0.844. The standard InChI is InChI=1S/C26H34N6O5/c1-17(2)13-14-27-26(34)18(3)32(20-8-10-21(35-4)11-9-20)24(33)16-31-29-25(28-30-31)19-7-12-22(36-5)23(15-19)37-6/h7-12,15,17-18H,13-14,16H2,1-6H3,(H,27,34)/t18-/m0/s1. The third-order valence-electron chi connectivity index (χ3n) is 5.78. The number of tetrazole rings is 1. The highest BCUT2D eigenvalue weighted by Gasteiger charge is 2.28. The summed E-state index contributed by atoms with van der Waals surface area (Å²) in [4.78, 5) is 29.0. The fraction of sp³-hybridized carbons (Fsp3) is 0.423. The molecule has 3 rings (SSSR count). The molecule has 0 bridgehead atoms. The van der Waals surface area contributed by atoms with E-state index in [4.69, 9.17) is 14.2 Å². The number of hydrogen-bond donors (Lipinski definition) is 1. The predicted molar refractivity (Wildman–Crippen MR) is 139 cm³/mol. The lowest BCUT2D eigenvalue weighted by atomic mass is 10.1. The van der Waals surface area contributed by atoms with Crippen LogP contribution in [0.3, 0.4) is 0 Å². The third kappa shape index (κ3) is 6.96. The average molecular weight is 511 g/mol. The van der Waals surface area contributed by atoms with Crippen LogP contribution in [0.15, 0.2) is 42.5 Å². The Balaban J connectivity index is 1.82. The van der Waals surface area contributed by atoms with Crippen molar-refractivity contribution in [3.8, 4) is 28.6 Å². The van der Waals surface area contributed by atoms with E-state index in [0.717, 1.165) is 6.42 Å². The molecule has 11 nitrogen and oxygen atoms in total. The topological polar surface area (TPSA) is 121 Å². The summed E-state index contributed by atoms with van der Waals surface area (Å²) in [6.45, 7) is 6.19. The Kier molecular flexibility index (Phi) is 9.42. The van der Waals surface area contributed by atoms with E-state index in [2.05, 4.69) is 34.6 Å². The molecule has 0 aliphatic heterocycles. The Labute approximate surface area is 216 Å². The molecule has 37 heavy (non-hydrogen) atoms. The van der Waals surface area contributed by atoms with Crippen molar-refractivity contribution in [2.45, 2.75) is 39.8 Å². The van der Waals surface area contributed by atoms with Gasteiger partial charge in [-0.1, -0.05) is 13.8 Å². The quantitative estimate of drug-likeness (QED) is 0.395. The Morgan fingerprint density at radius 2 is 1.68 bits per heavy atom. The third-order valence-corrected chi connectivity index (χ3v) is 5.78. The van der Waals surface area contributed by atoms with E-state index in [9.17, 15) is 9.59 Å². The monoisotopic (exact) mass is 510 g/mol. The maximum absolute atomic E-state index is 13.5. The summed E-state index contributed by atoms with van der Waals surface area (Å²) in [5.41, 5.74) is 1.21. The van der Waals surface area contributed by atoms with Crippen LogP contribution in [-0.4, -0.2) is 65.9 Å². The molecular weight excluding hydrogens is 476 g/mol. The first kappa shape index (κ1) is 27.4. The smallest absolute Gasteiger partial charge is 0.251 e. The number of nitrogens with one attached hydrogen (secondary N) is 1. The van der Waals surface area contributed by atoms with Crippen molar-refractivity contribution in [2.24, 2.45) is 5.92 Å². The number of rotatable bonds is 12. The van der Waals surface area contributed by atoms with Crippen molar-refractivity contribution in [3.63, 3.8) is 0 Å². The second-order valence-corrected chi connectivity index (χ2v) is 8.82. The fourth-order valence-corrected chi connectivity index (χ4v) is 3.67. The summed E-state index contributed by atoms with van der Waals surface area (Å²) in [5, 5.41) is 15.4. The maximum atomic E-state index is 13.5. The molecule has 0 saturated carbocycles. The lowest BCUT2D eigenvalue weighted by molar-refractivity contribution is -0.126. The number of carbonyl (C=O) groups excluding carboxylic acids is 2. The molecular formula is C26H34N6O5. The number of anilines is 1. The summed E-state index contributed by atoms with van der Waals surface area (Å²) >= 11 is 0. The van der Waals surface area contributed by atoms with Crippen molar-refractivity contribution >= 4 is 17.5 Å². The molecule has 3 aromatic rings. The van der Waals surface area contributed by atoms with Gasteiger partial charge in [-0.15, -0.1) is 10.2 Å². The van der Waals surface area contributed by atoms with Crippen LogP contribution in [0.2, 0.25) is 0 Å².